The van der Waals surface area contributed by atoms with E-state index in [0.29, 0.717) is 18.5 Å². The Bertz CT molecular complexity index is 312. The monoisotopic (exact) mass is 219 g/mol. The van der Waals surface area contributed by atoms with Gasteiger partial charge < -0.3 is 10.1 Å². The Balaban J connectivity index is 2.77. The molecule has 0 unspecified atom stereocenters. The first-order valence-corrected chi connectivity index (χ1v) is 4.47. The fourth-order valence-corrected chi connectivity index (χ4v) is 1.19. The molecule has 0 heterocycles. The van der Waals surface area contributed by atoms with Gasteiger partial charge in [0.05, 0.1) is 6.54 Å². The Morgan fingerprint density at radius 2 is 1.93 bits per heavy atom. The van der Waals surface area contributed by atoms with Crippen molar-refractivity contribution >= 4 is 0 Å². The Morgan fingerprint density at radius 3 is 2.53 bits per heavy atom. The van der Waals surface area contributed by atoms with Gasteiger partial charge in [0, 0.05) is 6.42 Å². The summed E-state index contributed by atoms with van der Waals surface area (Å²) in [5.74, 6) is -0.133. The van der Waals surface area contributed by atoms with Crippen molar-refractivity contribution in [2.75, 3.05) is 6.54 Å². The molecule has 0 saturated carbocycles. The lowest BCUT2D eigenvalue weighted by atomic mass is 10.1. The van der Waals surface area contributed by atoms with E-state index in [0.717, 1.165) is 0 Å². The van der Waals surface area contributed by atoms with E-state index in [-0.39, 0.29) is 5.75 Å². The van der Waals surface area contributed by atoms with E-state index in [1.54, 1.807) is 17.4 Å². The molecule has 2 N–H and O–H groups in total. The van der Waals surface area contributed by atoms with Crippen LogP contribution in [0.2, 0.25) is 0 Å². The summed E-state index contributed by atoms with van der Waals surface area (Å²) in [5.41, 5.74) is 0.537. The van der Waals surface area contributed by atoms with Crippen molar-refractivity contribution in [2.24, 2.45) is 0 Å². The zero-order chi connectivity index (χ0) is 11.3. The standard InChI is InChI=1S/C10H12F3NO/c1-14-7-6-8-4-2-3-5-9(8)15-10(11,12)13/h2-5H,1,6-7,14H2. The summed E-state index contributed by atoms with van der Waals surface area (Å²) in [5, 5.41) is 1.66. The second-order valence-corrected chi connectivity index (χ2v) is 2.98. The van der Waals surface area contributed by atoms with Crippen LogP contribution in [0.25, 0.3) is 0 Å². The van der Waals surface area contributed by atoms with E-state index < -0.39 is 6.36 Å². The van der Waals surface area contributed by atoms with Crippen LogP contribution < -0.4 is 10.1 Å². The van der Waals surface area contributed by atoms with Gasteiger partial charge in [-0.3, -0.25) is 0 Å². The van der Waals surface area contributed by atoms with E-state index >= 15 is 0 Å². The Kier molecular flexibility index (Phi) is 3.96. The lowest BCUT2D eigenvalue weighted by Gasteiger charge is -2.12. The number of nitrogens with two attached hydrogens (primary N) is 1. The smallest absolute Gasteiger partial charge is 0.479 e. The fourth-order valence-electron chi connectivity index (χ4n) is 1.19. The second kappa shape index (κ2) is 5.02. The average Bonchev–Trinajstić information content (AvgIpc) is 2.14. The summed E-state index contributed by atoms with van der Waals surface area (Å²) < 4.78 is 39.9. The number of hydrogen-bond acceptors (Lipinski definition) is 1. The Labute approximate surface area is 86.1 Å². The molecule has 0 saturated heterocycles. The molecule has 84 valence electrons. The van der Waals surface area contributed by atoms with Crippen molar-refractivity contribution in [1.29, 1.82) is 0 Å². The van der Waals surface area contributed by atoms with Crippen LogP contribution in [0.5, 0.6) is 5.75 Å². The van der Waals surface area contributed by atoms with Gasteiger partial charge in [-0.2, -0.15) is 7.05 Å². The maximum absolute atomic E-state index is 12.0. The second-order valence-electron chi connectivity index (χ2n) is 2.98. The van der Waals surface area contributed by atoms with Crippen LogP contribution in [0.15, 0.2) is 24.3 Å². The van der Waals surface area contributed by atoms with Crippen molar-refractivity contribution in [3.05, 3.63) is 36.9 Å². The summed E-state index contributed by atoms with van der Waals surface area (Å²) in [6.45, 7) is 0.623. The van der Waals surface area contributed by atoms with Gasteiger partial charge in [0.2, 0.25) is 0 Å². The van der Waals surface area contributed by atoms with Crippen LogP contribution in [-0.4, -0.2) is 12.9 Å². The first-order valence-electron chi connectivity index (χ1n) is 4.47. The lowest BCUT2D eigenvalue weighted by molar-refractivity contribution is -0.594. The number of rotatable bonds is 4. The molecule has 0 radical (unpaired) electrons. The summed E-state index contributed by atoms with van der Waals surface area (Å²) in [4.78, 5) is 0. The summed E-state index contributed by atoms with van der Waals surface area (Å²) >= 11 is 0. The molecule has 1 aromatic carbocycles. The van der Waals surface area contributed by atoms with Crippen LogP contribution in [0.4, 0.5) is 13.2 Å². The van der Waals surface area contributed by atoms with Gasteiger partial charge in [-0.05, 0) is 11.6 Å². The van der Waals surface area contributed by atoms with Gasteiger partial charge in [-0.1, -0.05) is 18.2 Å². The minimum atomic E-state index is -4.63. The van der Waals surface area contributed by atoms with E-state index in [2.05, 4.69) is 11.8 Å². The molecule has 1 aromatic rings. The fraction of sp³-hybridized carbons (Fsp3) is 0.300. The van der Waals surface area contributed by atoms with Gasteiger partial charge in [0.15, 0.2) is 0 Å². The van der Waals surface area contributed by atoms with E-state index in [4.69, 9.17) is 0 Å². The topological polar surface area (TPSA) is 25.8 Å². The highest BCUT2D eigenvalue weighted by Crippen LogP contribution is 2.26. The quantitative estimate of drug-likeness (QED) is 0.763. The molecule has 0 atom stereocenters. The van der Waals surface area contributed by atoms with Crippen LogP contribution in [-0.2, 0) is 6.42 Å². The molecular formula is C10H12F3NO. The van der Waals surface area contributed by atoms with Crippen molar-refractivity contribution < 1.29 is 23.2 Å². The van der Waals surface area contributed by atoms with Gasteiger partial charge in [0.25, 0.3) is 0 Å². The number of quaternary nitrogens is 1. The predicted octanol–water partition coefficient (Wildman–Crippen LogP) is 1.48. The van der Waals surface area contributed by atoms with E-state index in [1.165, 1.54) is 12.1 Å². The molecule has 0 spiro atoms. The molecule has 1 rings (SSSR count). The minimum absolute atomic E-state index is 0.133. The SMILES string of the molecule is [CH2-][NH2+]CCc1ccccc1OC(F)(F)F. The molecule has 0 aliphatic rings. The summed E-state index contributed by atoms with van der Waals surface area (Å²) in [7, 11) is 3.52. The van der Waals surface area contributed by atoms with Gasteiger partial charge in [-0.15, -0.1) is 13.2 Å². The van der Waals surface area contributed by atoms with Crippen LogP contribution in [0.1, 0.15) is 5.56 Å². The highest BCUT2D eigenvalue weighted by atomic mass is 19.4. The number of halogens is 3. The average molecular weight is 219 g/mol. The third-order valence-electron chi connectivity index (χ3n) is 1.82. The number of para-hydroxylation sites is 1. The molecule has 0 aliphatic carbocycles. The normalized spacial score (nSPS) is 11.5. The molecular weight excluding hydrogens is 207 g/mol. The minimum Gasteiger partial charge on any atom is -0.479 e. The van der Waals surface area contributed by atoms with E-state index in [1.807, 2.05) is 0 Å². The molecule has 0 bridgehead atoms. The summed E-state index contributed by atoms with van der Waals surface area (Å²) in [6, 6.07) is 6.12. The van der Waals surface area contributed by atoms with Crippen molar-refractivity contribution in [2.45, 2.75) is 12.8 Å². The summed E-state index contributed by atoms with van der Waals surface area (Å²) in [6.07, 6.45) is -4.14. The highest BCUT2D eigenvalue weighted by molar-refractivity contribution is 5.33. The van der Waals surface area contributed by atoms with Gasteiger partial charge >= 0.3 is 6.36 Å². The van der Waals surface area contributed by atoms with E-state index in [9.17, 15) is 13.2 Å². The number of hydrogen-bond donors (Lipinski definition) is 1. The van der Waals surface area contributed by atoms with Crippen molar-refractivity contribution in [1.82, 2.24) is 0 Å². The molecule has 5 heteroatoms. The first-order chi connectivity index (χ1) is 7.03. The third kappa shape index (κ3) is 4.20. The first kappa shape index (κ1) is 11.8. The van der Waals surface area contributed by atoms with Crippen LogP contribution in [0.3, 0.4) is 0 Å². The molecule has 2 nitrogen and oxygen atoms in total. The number of ether oxygens (including phenoxy) is 1. The maximum atomic E-state index is 12.0. The molecule has 0 amide bonds. The van der Waals surface area contributed by atoms with Crippen LogP contribution in [0, 0.1) is 7.05 Å². The molecule has 0 fully saturated rings. The molecule has 0 aliphatic heterocycles. The predicted molar refractivity (Wildman–Crippen MR) is 49.0 cm³/mol. The lowest BCUT2D eigenvalue weighted by Crippen LogP contribution is -2.77. The molecule has 0 aromatic heterocycles. The molecule has 15 heavy (non-hydrogen) atoms. The van der Waals surface area contributed by atoms with Gasteiger partial charge in [0.1, 0.15) is 5.75 Å². The Hall–Kier alpha value is -1.23. The third-order valence-corrected chi connectivity index (χ3v) is 1.82. The zero-order valence-electron chi connectivity index (χ0n) is 8.05. The van der Waals surface area contributed by atoms with Gasteiger partial charge in [-0.25, -0.2) is 0 Å². The van der Waals surface area contributed by atoms with Crippen molar-refractivity contribution in [3.8, 4) is 5.75 Å². The van der Waals surface area contributed by atoms with Crippen molar-refractivity contribution in [3.63, 3.8) is 0 Å². The number of benzene rings is 1. The largest absolute Gasteiger partial charge is 0.573 e. The Morgan fingerprint density at radius 1 is 1.27 bits per heavy atom. The zero-order valence-corrected chi connectivity index (χ0v) is 8.05. The number of alkyl halides is 3. The van der Waals surface area contributed by atoms with Crippen LogP contribution >= 0.6 is 0 Å². The maximum Gasteiger partial charge on any atom is 0.573 e. The highest BCUT2D eigenvalue weighted by Gasteiger charge is 2.31.